The molecule has 0 heterocycles. The van der Waals surface area contributed by atoms with Crippen molar-refractivity contribution in [2.45, 2.75) is 105 Å². The van der Waals surface area contributed by atoms with Gasteiger partial charge in [0.05, 0.1) is 0 Å². The van der Waals surface area contributed by atoms with E-state index in [2.05, 4.69) is 118 Å². The molecule has 2 aliphatic rings. The third-order valence-corrected chi connectivity index (χ3v) is 12.1. The van der Waals surface area contributed by atoms with Crippen LogP contribution in [0, 0.1) is 24.0 Å². The second-order valence-electron chi connectivity index (χ2n) is 13.1. The van der Waals surface area contributed by atoms with Gasteiger partial charge in [0.1, 0.15) is 0 Å². The summed E-state index contributed by atoms with van der Waals surface area (Å²) in [5.74, 6) is 1.87. The van der Waals surface area contributed by atoms with Crippen molar-refractivity contribution in [3.63, 3.8) is 0 Å². The van der Waals surface area contributed by atoms with Crippen LogP contribution in [-0.4, -0.2) is 5.43 Å². The van der Waals surface area contributed by atoms with E-state index in [0.29, 0.717) is 0 Å². The van der Waals surface area contributed by atoms with Crippen LogP contribution in [0.3, 0.4) is 0 Å². The molecule has 38 heavy (non-hydrogen) atoms. The summed E-state index contributed by atoms with van der Waals surface area (Å²) in [6, 6.07) is 18.1. The number of fused-ring (bicyclic) bond motifs is 3. The van der Waals surface area contributed by atoms with E-state index in [4.69, 9.17) is 0 Å². The van der Waals surface area contributed by atoms with Crippen LogP contribution < -0.4 is 24.8 Å². The van der Waals surface area contributed by atoms with E-state index >= 15 is 0 Å². The minimum absolute atomic E-state index is 0. The molecule has 2 aliphatic carbocycles. The Morgan fingerprint density at radius 2 is 1.39 bits per heavy atom. The topological polar surface area (TPSA) is 0 Å². The van der Waals surface area contributed by atoms with Crippen molar-refractivity contribution in [3.05, 3.63) is 83.0 Å². The smallest absolute Gasteiger partial charge is 0.109 e. The zero-order valence-electron chi connectivity index (χ0n) is 25.4. The molecule has 4 heteroatoms. The average Bonchev–Trinajstić information content (AvgIpc) is 3.42. The van der Waals surface area contributed by atoms with Crippen molar-refractivity contribution in [3.8, 4) is 11.1 Å². The first-order valence-corrected chi connectivity index (χ1v) is 19.3. The molecular formula is C34H48Cl2SiZr-2. The van der Waals surface area contributed by atoms with Gasteiger partial charge in [-0.2, -0.15) is 35.4 Å². The Morgan fingerprint density at radius 1 is 0.842 bits per heavy atom. The van der Waals surface area contributed by atoms with E-state index in [1.807, 2.05) is 35.5 Å². The Kier molecular flexibility index (Phi) is 16.6. The van der Waals surface area contributed by atoms with Crippen LogP contribution >= 0.6 is 0 Å². The van der Waals surface area contributed by atoms with Crippen LogP contribution in [0.15, 0.2) is 48.6 Å². The van der Waals surface area contributed by atoms with Gasteiger partial charge >= 0.3 is 80.4 Å². The molecule has 0 unspecified atom stereocenters. The number of rotatable bonds is 4. The molecule has 0 N–H and O–H groups in total. The molecule has 0 nitrogen and oxygen atoms in total. The minimum Gasteiger partial charge on any atom is -1.00 e. The average molecular weight is 647 g/mol. The van der Waals surface area contributed by atoms with Gasteiger partial charge in [-0.25, -0.2) is 12.2 Å². The Morgan fingerprint density at radius 3 is 1.82 bits per heavy atom. The molecule has 0 saturated heterocycles. The number of allylic oxidation sites excluding steroid dienone is 4. The SMILES string of the molecule is CC(C)(C)c1c[c-]c2c(c1)-c1cc(C(C)(C)C)ccc1C2.CC(C)C[Si](=[Zr+2])CC(C)C.[C-]1=CC=CC1.[Cl-].[Cl-]. The van der Waals surface area contributed by atoms with Crippen LogP contribution in [0.4, 0.5) is 0 Å². The first-order valence-electron chi connectivity index (χ1n) is 13.6. The second kappa shape index (κ2) is 16.8. The van der Waals surface area contributed by atoms with Crippen LogP contribution in [0.2, 0.25) is 12.1 Å². The predicted molar refractivity (Wildman–Crippen MR) is 158 cm³/mol. The zero-order valence-corrected chi connectivity index (χ0v) is 30.3. The third-order valence-electron chi connectivity index (χ3n) is 6.42. The number of hydrogen-bond acceptors (Lipinski definition) is 0. The maximum atomic E-state index is 3.53. The molecule has 0 bridgehead atoms. The van der Waals surface area contributed by atoms with E-state index in [-0.39, 0.29) is 41.1 Å². The molecule has 208 valence electrons. The van der Waals surface area contributed by atoms with Crippen molar-refractivity contribution in [1.82, 2.24) is 0 Å². The fraction of sp³-hybridized carbons (Fsp3) is 0.529. The summed E-state index contributed by atoms with van der Waals surface area (Å²) < 4.78 is 0. The summed E-state index contributed by atoms with van der Waals surface area (Å²) in [6.07, 6.45) is 11.0. The van der Waals surface area contributed by atoms with Crippen molar-refractivity contribution >= 4 is 5.43 Å². The number of hydrogen-bond donors (Lipinski definition) is 0. The van der Waals surface area contributed by atoms with Gasteiger partial charge in [0.2, 0.25) is 0 Å². The van der Waals surface area contributed by atoms with Crippen molar-refractivity contribution < 1.29 is 48.1 Å². The molecule has 0 saturated carbocycles. The Hall–Kier alpha value is -0.400. The standard InChI is InChI=1S/C21H25.C8H18Si.C5H5.2ClH.Zr/c1-20(2,3)16-9-7-14-11-15-8-10-17(21(4,5)6)13-19(15)18(14)12-16;1-7(2)5-9-6-8(3)4;1-2-4-5-3-1;;;/h7,9-10,12-13H,11H2,1-6H3;7-8H,5-6H2,1-4H3;1-3H,4H2;2*1H;/q-1;;-1;;;+2/p-2. The minimum atomic E-state index is 0. The van der Waals surface area contributed by atoms with Crippen molar-refractivity contribution in [2.75, 3.05) is 0 Å². The first-order chi connectivity index (χ1) is 16.7. The van der Waals surface area contributed by atoms with Crippen molar-refractivity contribution in [2.24, 2.45) is 11.8 Å². The molecule has 0 fully saturated rings. The van der Waals surface area contributed by atoms with Gasteiger partial charge in [-0.1, -0.05) is 76.3 Å². The number of halogens is 2. The summed E-state index contributed by atoms with van der Waals surface area (Å²) >= 11 is 1.83. The zero-order chi connectivity index (χ0) is 27.1. The summed E-state index contributed by atoms with van der Waals surface area (Å²) in [5.41, 5.74) is 8.86. The first kappa shape index (κ1) is 37.6. The molecule has 0 amide bonds. The predicted octanol–water partition coefficient (Wildman–Crippen LogP) is 3.80. The molecule has 2 aromatic carbocycles. The van der Waals surface area contributed by atoms with Crippen LogP contribution in [-0.2, 0) is 40.6 Å². The van der Waals surface area contributed by atoms with E-state index in [1.54, 1.807) is 0 Å². The van der Waals surface area contributed by atoms with E-state index in [1.165, 1.54) is 45.5 Å². The summed E-state index contributed by atoms with van der Waals surface area (Å²) in [7, 11) is 0. The molecule has 4 rings (SSSR count). The maximum absolute atomic E-state index is 3.53. The van der Waals surface area contributed by atoms with Gasteiger partial charge in [0, 0.05) is 0 Å². The molecule has 2 aromatic rings. The van der Waals surface area contributed by atoms with Gasteiger partial charge in [-0.3, -0.25) is 6.08 Å². The summed E-state index contributed by atoms with van der Waals surface area (Å²) in [4.78, 5) is 0. The molecule has 0 aromatic heterocycles. The van der Waals surface area contributed by atoms with Crippen LogP contribution in [0.5, 0.6) is 0 Å². The monoisotopic (exact) mass is 644 g/mol. The fourth-order valence-corrected chi connectivity index (χ4v) is 12.6. The van der Waals surface area contributed by atoms with Crippen LogP contribution in [0.1, 0.15) is 97.9 Å². The fourth-order valence-electron chi connectivity index (χ4n) is 4.39. The molecular weight excluding hydrogens is 599 g/mol. The van der Waals surface area contributed by atoms with Crippen LogP contribution in [0.25, 0.3) is 11.1 Å². The van der Waals surface area contributed by atoms with Gasteiger partial charge in [0.15, 0.2) is 0 Å². The summed E-state index contributed by atoms with van der Waals surface area (Å²) in [5, 5.41) is 0. The van der Waals surface area contributed by atoms with E-state index in [0.717, 1.165) is 24.7 Å². The third kappa shape index (κ3) is 12.4. The van der Waals surface area contributed by atoms with E-state index in [9.17, 15) is 0 Å². The van der Waals surface area contributed by atoms with E-state index < -0.39 is 0 Å². The Bertz CT molecular complexity index is 999. The van der Waals surface area contributed by atoms with Gasteiger partial charge < -0.3 is 24.8 Å². The molecule has 0 atom stereocenters. The number of benzene rings is 2. The molecule has 0 spiro atoms. The van der Waals surface area contributed by atoms with Gasteiger partial charge in [-0.15, -0.1) is 12.0 Å². The van der Waals surface area contributed by atoms with Gasteiger partial charge in [-0.05, 0) is 17.4 Å². The quantitative estimate of drug-likeness (QED) is 0.299. The van der Waals surface area contributed by atoms with Gasteiger partial charge in [0.25, 0.3) is 0 Å². The Balaban J connectivity index is 0.000000676. The Labute approximate surface area is 262 Å². The maximum Gasteiger partial charge on any atom is -0.109 e. The summed E-state index contributed by atoms with van der Waals surface area (Å²) in [6.45, 7) is 23.0. The molecule has 0 aliphatic heterocycles. The normalized spacial score (nSPS) is 13.0. The second-order valence-corrected chi connectivity index (χ2v) is 20.4. The molecule has 0 radical (unpaired) electrons. The van der Waals surface area contributed by atoms with Crippen molar-refractivity contribution in [1.29, 1.82) is 0 Å². The largest absolute Gasteiger partial charge is 1.00 e.